The largest absolute Gasteiger partial charge is 0.479 e. The Balaban J connectivity index is 1.76. The van der Waals surface area contributed by atoms with Crippen molar-refractivity contribution < 1.29 is 14.6 Å². The number of aromatic nitrogens is 4. The van der Waals surface area contributed by atoms with Crippen LogP contribution in [0.15, 0.2) is 18.5 Å². The Labute approximate surface area is 121 Å². The summed E-state index contributed by atoms with van der Waals surface area (Å²) in [6.07, 6.45) is 6.10. The Morgan fingerprint density at radius 3 is 3.00 bits per heavy atom. The van der Waals surface area contributed by atoms with Gasteiger partial charge in [0.25, 0.3) is 0 Å². The molecule has 1 radical (unpaired) electrons. The highest BCUT2D eigenvalue weighted by atomic mass is 16.5. The summed E-state index contributed by atoms with van der Waals surface area (Å²) < 4.78 is 12.6. The van der Waals surface area contributed by atoms with Crippen molar-refractivity contribution in [3.05, 3.63) is 18.5 Å². The number of nitrogens with zero attached hydrogens (tertiary/aromatic N) is 4. The van der Waals surface area contributed by atoms with Gasteiger partial charge >= 0.3 is 0 Å². The first-order valence-corrected chi connectivity index (χ1v) is 6.61. The van der Waals surface area contributed by atoms with E-state index < -0.39 is 0 Å². The molecule has 111 valence electrons. The van der Waals surface area contributed by atoms with Gasteiger partial charge in [0.15, 0.2) is 11.2 Å². The minimum absolute atomic E-state index is 0.0533. The van der Waals surface area contributed by atoms with E-state index >= 15 is 0 Å². The number of anilines is 1. The summed E-state index contributed by atoms with van der Waals surface area (Å²) in [7, 11) is 1.50. The van der Waals surface area contributed by atoms with Crippen LogP contribution in [0.25, 0.3) is 11.2 Å². The Kier molecular flexibility index (Phi) is 3.72. The van der Waals surface area contributed by atoms with Gasteiger partial charge in [0, 0.05) is 5.92 Å². The predicted octanol–water partition coefficient (Wildman–Crippen LogP) is 0.766. The van der Waals surface area contributed by atoms with E-state index in [1.54, 1.807) is 10.9 Å². The van der Waals surface area contributed by atoms with Gasteiger partial charge in [-0.3, -0.25) is 4.57 Å². The van der Waals surface area contributed by atoms with Crippen LogP contribution in [0.4, 0.5) is 5.95 Å². The summed E-state index contributed by atoms with van der Waals surface area (Å²) >= 11 is 0. The quantitative estimate of drug-likeness (QED) is 0.815. The molecule has 0 spiro atoms. The number of fused-ring (bicyclic) bond motifs is 1. The lowest BCUT2D eigenvalue weighted by Crippen LogP contribution is -2.13. The fraction of sp³-hybridized carbons (Fsp3) is 0.462. The zero-order chi connectivity index (χ0) is 14.8. The smallest absolute Gasteiger partial charge is 0.246 e. The molecular formula is C13H16N5O3. The summed E-state index contributed by atoms with van der Waals surface area (Å²) in [6, 6.07) is 0. The molecular weight excluding hydrogens is 274 g/mol. The van der Waals surface area contributed by atoms with Crippen LogP contribution in [0.1, 0.15) is 6.42 Å². The van der Waals surface area contributed by atoms with Crippen molar-refractivity contribution in [1.29, 1.82) is 0 Å². The number of nitrogen functional groups attached to an aromatic ring is 1. The first kappa shape index (κ1) is 13.8. The fourth-order valence-electron chi connectivity index (χ4n) is 2.33. The summed E-state index contributed by atoms with van der Waals surface area (Å²) in [5, 5.41) is 10.8. The van der Waals surface area contributed by atoms with Crippen molar-refractivity contribution >= 4 is 17.1 Å². The highest BCUT2D eigenvalue weighted by molar-refractivity contribution is 5.77. The molecule has 0 saturated carbocycles. The van der Waals surface area contributed by atoms with Gasteiger partial charge < -0.3 is 15.2 Å². The first-order valence-electron chi connectivity index (χ1n) is 6.61. The van der Waals surface area contributed by atoms with Crippen LogP contribution in [-0.2, 0) is 16.6 Å². The van der Waals surface area contributed by atoms with E-state index in [1.165, 1.54) is 7.11 Å². The second-order valence-corrected chi connectivity index (χ2v) is 4.86. The van der Waals surface area contributed by atoms with Crippen molar-refractivity contribution in [1.82, 2.24) is 19.5 Å². The molecule has 1 aliphatic rings. The molecule has 2 aromatic rings. The van der Waals surface area contributed by atoms with Crippen LogP contribution in [0.2, 0.25) is 0 Å². The molecule has 8 heteroatoms. The minimum atomic E-state index is -0.106. The van der Waals surface area contributed by atoms with Crippen LogP contribution in [0.3, 0.4) is 0 Å². The van der Waals surface area contributed by atoms with Crippen molar-refractivity contribution in [3.8, 4) is 5.88 Å². The fourth-order valence-corrected chi connectivity index (χ4v) is 2.33. The van der Waals surface area contributed by atoms with E-state index in [0.29, 0.717) is 17.0 Å². The molecule has 0 unspecified atom stereocenters. The number of nitrogens with two attached hydrogens (primary N) is 1. The van der Waals surface area contributed by atoms with Crippen LogP contribution in [-0.4, -0.2) is 39.3 Å². The Morgan fingerprint density at radius 1 is 1.43 bits per heavy atom. The standard InChI is InChI=1S/C13H16N5O3/c1-20-12-10-11(16-13(14)17-12)18(6-15-10)7-21-9-3-2-8(4-9)5-19/h2-3,6,8-9H,4-5,7H2,1H3,(H2,14,16,17)/t8-,9-/m0/s1. The van der Waals surface area contributed by atoms with Gasteiger partial charge in [0.05, 0.1) is 26.1 Å². The lowest BCUT2D eigenvalue weighted by Gasteiger charge is -2.12. The third-order valence-corrected chi connectivity index (χ3v) is 3.42. The summed E-state index contributed by atoms with van der Waals surface area (Å²) in [6.45, 7) is 0.169. The zero-order valence-corrected chi connectivity index (χ0v) is 11.6. The zero-order valence-electron chi connectivity index (χ0n) is 11.6. The van der Waals surface area contributed by atoms with Crippen LogP contribution in [0.5, 0.6) is 5.88 Å². The number of methoxy groups -OCH3 is 1. The molecule has 1 aliphatic carbocycles. The molecule has 2 aromatic heterocycles. The molecule has 0 amide bonds. The molecule has 21 heavy (non-hydrogen) atoms. The second kappa shape index (κ2) is 5.66. The summed E-state index contributed by atoms with van der Waals surface area (Å²) in [5.74, 6) is 0.518. The van der Waals surface area contributed by atoms with E-state index in [1.807, 2.05) is 12.2 Å². The molecule has 0 aliphatic heterocycles. The number of imidazole rings is 1. The molecule has 2 atom stereocenters. The van der Waals surface area contributed by atoms with Gasteiger partial charge in [-0.15, -0.1) is 0 Å². The summed E-state index contributed by atoms with van der Waals surface area (Å²) in [4.78, 5) is 12.3. The van der Waals surface area contributed by atoms with Crippen molar-refractivity contribution in [2.75, 3.05) is 19.5 Å². The Hall–Kier alpha value is -2.19. The van der Waals surface area contributed by atoms with E-state index in [9.17, 15) is 5.11 Å². The third-order valence-electron chi connectivity index (χ3n) is 3.42. The van der Waals surface area contributed by atoms with E-state index in [2.05, 4.69) is 15.0 Å². The number of ether oxygens (including phenoxy) is 2. The first-order chi connectivity index (χ1) is 10.2. The molecule has 2 N–H and O–H groups in total. The molecule has 0 bridgehead atoms. The maximum absolute atomic E-state index is 10.8. The lowest BCUT2D eigenvalue weighted by atomic mass is 10.1. The second-order valence-electron chi connectivity index (χ2n) is 4.86. The summed E-state index contributed by atoms with van der Waals surface area (Å²) in [5.41, 5.74) is 6.75. The molecule has 3 rings (SSSR count). The molecule has 8 nitrogen and oxygen atoms in total. The SMILES string of the molecule is COc1nc(N)nc2c1ncn2CO[C@H]1C=C[C@H](C[O])C1. The molecule has 2 heterocycles. The van der Waals surface area contributed by atoms with Crippen molar-refractivity contribution in [2.45, 2.75) is 19.3 Å². The third kappa shape index (κ3) is 2.67. The van der Waals surface area contributed by atoms with Gasteiger partial charge in [0.1, 0.15) is 6.73 Å². The highest BCUT2D eigenvalue weighted by Gasteiger charge is 2.20. The molecule has 0 fully saturated rings. The van der Waals surface area contributed by atoms with Crippen LogP contribution < -0.4 is 10.5 Å². The van der Waals surface area contributed by atoms with Gasteiger partial charge in [-0.25, -0.2) is 10.1 Å². The predicted molar refractivity (Wildman–Crippen MR) is 74.0 cm³/mol. The maximum atomic E-state index is 10.8. The van der Waals surface area contributed by atoms with Gasteiger partial charge in [0.2, 0.25) is 11.8 Å². The highest BCUT2D eigenvalue weighted by Crippen LogP contribution is 2.23. The number of hydrogen-bond acceptors (Lipinski definition) is 6. The topological polar surface area (TPSA) is 108 Å². The average molecular weight is 290 g/mol. The molecule has 0 aromatic carbocycles. The van der Waals surface area contributed by atoms with E-state index in [4.69, 9.17) is 15.2 Å². The van der Waals surface area contributed by atoms with Gasteiger partial charge in [-0.05, 0) is 6.42 Å². The Bertz CT molecular complexity index is 669. The lowest BCUT2D eigenvalue weighted by molar-refractivity contribution is 0.0257. The maximum Gasteiger partial charge on any atom is 0.246 e. The minimum Gasteiger partial charge on any atom is -0.479 e. The van der Waals surface area contributed by atoms with E-state index in [-0.39, 0.29) is 31.3 Å². The van der Waals surface area contributed by atoms with Crippen molar-refractivity contribution in [2.24, 2.45) is 5.92 Å². The van der Waals surface area contributed by atoms with Crippen LogP contribution in [0, 0.1) is 5.92 Å². The van der Waals surface area contributed by atoms with Crippen LogP contribution >= 0.6 is 0 Å². The van der Waals surface area contributed by atoms with Crippen molar-refractivity contribution in [3.63, 3.8) is 0 Å². The number of rotatable bonds is 5. The van der Waals surface area contributed by atoms with Gasteiger partial charge in [-0.2, -0.15) is 9.97 Å². The number of hydrogen-bond donors (Lipinski definition) is 1. The monoisotopic (exact) mass is 290 g/mol. The molecule has 0 saturated heterocycles. The normalized spacial score (nSPS) is 21.2. The average Bonchev–Trinajstić information content (AvgIpc) is 3.10. The Morgan fingerprint density at radius 2 is 2.29 bits per heavy atom. The van der Waals surface area contributed by atoms with E-state index in [0.717, 1.165) is 6.42 Å². The van der Waals surface area contributed by atoms with Gasteiger partial charge in [-0.1, -0.05) is 12.2 Å².